The van der Waals surface area contributed by atoms with Crippen LogP contribution in [0.4, 0.5) is 0 Å². The van der Waals surface area contributed by atoms with Gasteiger partial charge in [-0.2, -0.15) is 0 Å². The highest BCUT2D eigenvalue weighted by Gasteiger charge is 2.34. The molecule has 14 heavy (non-hydrogen) atoms. The van der Waals surface area contributed by atoms with E-state index < -0.39 is 0 Å². The zero-order valence-corrected chi connectivity index (χ0v) is 8.03. The largest absolute Gasteiger partial charge is 0.454 e. The van der Waals surface area contributed by atoms with Crippen LogP contribution in [-0.4, -0.2) is 17.9 Å². The van der Waals surface area contributed by atoms with E-state index in [1.165, 1.54) is 6.08 Å². The quantitative estimate of drug-likeness (QED) is 0.590. The first-order valence-corrected chi connectivity index (χ1v) is 4.77. The number of carbonyl (C=O) groups is 2. The number of ketones is 1. The normalized spacial score (nSPS) is 30.4. The maximum Gasteiger partial charge on any atom is 0.331 e. The molecule has 1 aliphatic carbocycles. The first-order valence-electron chi connectivity index (χ1n) is 4.77. The average Bonchev–Trinajstić information content (AvgIpc) is 2.16. The molecule has 0 saturated heterocycles. The van der Waals surface area contributed by atoms with Gasteiger partial charge in [0, 0.05) is 6.08 Å². The number of rotatable bonds is 1. The van der Waals surface area contributed by atoms with E-state index in [4.69, 9.17) is 4.74 Å². The van der Waals surface area contributed by atoms with E-state index in [-0.39, 0.29) is 23.8 Å². The van der Waals surface area contributed by atoms with Crippen LogP contribution in [0.2, 0.25) is 0 Å². The van der Waals surface area contributed by atoms with Crippen molar-refractivity contribution in [2.24, 2.45) is 5.92 Å². The Bertz CT molecular complexity index is 338. The molecule has 0 saturated carbocycles. The number of allylic oxidation sites excluding steroid dienone is 1. The summed E-state index contributed by atoms with van der Waals surface area (Å²) in [5, 5.41) is 0. The molecule has 1 aliphatic heterocycles. The van der Waals surface area contributed by atoms with Gasteiger partial charge in [-0.05, 0) is 31.4 Å². The predicted octanol–water partition coefficient (Wildman–Crippen LogP) is 1.39. The number of esters is 1. The minimum Gasteiger partial charge on any atom is -0.454 e. The number of Topliss-reactive ketones (excluding diaryl/α,β-unsaturated/α-hetero) is 1. The summed E-state index contributed by atoms with van der Waals surface area (Å²) in [6.07, 6.45) is 6.53. The molecule has 0 spiro atoms. The van der Waals surface area contributed by atoms with Gasteiger partial charge in [0.25, 0.3) is 0 Å². The lowest BCUT2D eigenvalue weighted by molar-refractivity contribution is -0.146. The van der Waals surface area contributed by atoms with Crippen molar-refractivity contribution in [1.82, 2.24) is 0 Å². The summed E-state index contributed by atoms with van der Waals surface area (Å²) in [5.74, 6) is -0.395. The molecule has 0 bridgehead atoms. The molecule has 1 heterocycles. The van der Waals surface area contributed by atoms with E-state index in [2.05, 4.69) is 0 Å². The van der Waals surface area contributed by atoms with Crippen LogP contribution in [0, 0.1) is 5.92 Å². The summed E-state index contributed by atoms with van der Waals surface area (Å²) >= 11 is 0. The standard InChI is InChI=1S/C11H12O3/c1-7(12)9-4-2-3-8-5-6-10(13)14-11(8)9/h3,5-6,9,11H,2,4H2,1H3/t9-,11-/m1/s1. The van der Waals surface area contributed by atoms with Gasteiger partial charge < -0.3 is 4.74 Å². The van der Waals surface area contributed by atoms with Crippen LogP contribution in [-0.2, 0) is 14.3 Å². The number of hydrogen-bond acceptors (Lipinski definition) is 3. The first-order chi connectivity index (χ1) is 6.68. The summed E-state index contributed by atoms with van der Waals surface area (Å²) in [6, 6.07) is 0. The van der Waals surface area contributed by atoms with Crippen molar-refractivity contribution >= 4 is 11.8 Å². The Morgan fingerprint density at radius 3 is 3.00 bits per heavy atom. The Morgan fingerprint density at radius 1 is 1.50 bits per heavy atom. The molecule has 2 aliphatic rings. The lowest BCUT2D eigenvalue weighted by atomic mass is 9.82. The summed E-state index contributed by atoms with van der Waals surface area (Å²) in [7, 11) is 0. The van der Waals surface area contributed by atoms with E-state index in [0.717, 1.165) is 18.4 Å². The molecule has 0 amide bonds. The highest BCUT2D eigenvalue weighted by molar-refractivity contribution is 5.86. The summed E-state index contributed by atoms with van der Waals surface area (Å²) in [5.41, 5.74) is 0.969. The van der Waals surface area contributed by atoms with Crippen molar-refractivity contribution in [1.29, 1.82) is 0 Å². The van der Waals surface area contributed by atoms with Crippen molar-refractivity contribution < 1.29 is 14.3 Å². The molecule has 74 valence electrons. The van der Waals surface area contributed by atoms with E-state index >= 15 is 0 Å². The molecule has 2 rings (SSSR count). The van der Waals surface area contributed by atoms with E-state index in [1.807, 2.05) is 6.08 Å². The van der Waals surface area contributed by atoms with Crippen molar-refractivity contribution in [2.75, 3.05) is 0 Å². The van der Waals surface area contributed by atoms with Gasteiger partial charge in [-0.15, -0.1) is 0 Å². The number of ether oxygens (including phenoxy) is 1. The highest BCUT2D eigenvalue weighted by Crippen LogP contribution is 2.31. The number of carbonyl (C=O) groups excluding carboxylic acids is 2. The van der Waals surface area contributed by atoms with Gasteiger partial charge in [0.15, 0.2) is 0 Å². The average molecular weight is 192 g/mol. The zero-order valence-electron chi connectivity index (χ0n) is 8.03. The molecular formula is C11H12O3. The number of fused-ring (bicyclic) bond motifs is 1. The highest BCUT2D eigenvalue weighted by atomic mass is 16.5. The van der Waals surface area contributed by atoms with E-state index in [1.54, 1.807) is 13.0 Å². The Kier molecular flexibility index (Phi) is 2.23. The SMILES string of the molecule is CC(=O)[C@H]1CCC=C2C=CC(=O)O[C@H]21. The third kappa shape index (κ3) is 1.50. The van der Waals surface area contributed by atoms with Crippen molar-refractivity contribution in [3.8, 4) is 0 Å². The van der Waals surface area contributed by atoms with Gasteiger partial charge in [0.2, 0.25) is 0 Å². The van der Waals surface area contributed by atoms with E-state index in [9.17, 15) is 9.59 Å². The van der Waals surface area contributed by atoms with Crippen molar-refractivity contribution in [2.45, 2.75) is 25.9 Å². The maximum absolute atomic E-state index is 11.3. The fourth-order valence-corrected chi connectivity index (χ4v) is 1.99. The second-order valence-corrected chi connectivity index (χ2v) is 3.69. The van der Waals surface area contributed by atoms with Gasteiger partial charge in [-0.3, -0.25) is 4.79 Å². The fourth-order valence-electron chi connectivity index (χ4n) is 1.99. The maximum atomic E-state index is 11.3. The predicted molar refractivity (Wildman–Crippen MR) is 50.5 cm³/mol. The van der Waals surface area contributed by atoms with Crippen LogP contribution in [0.25, 0.3) is 0 Å². The second-order valence-electron chi connectivity index (χ2n) is 3.69. The van der Waals surface area contributed by atoms with Crippen molar-refractivity contribution in [3.05, 3.63) is 23.8 Å². The Hall–Kier alpha value is -1.38. The van der Waals surface area contributed by atoms with Crippen LogP contribution in [0.5, 0.6) is 0 Å². The molecule has 0 N–H and O–H groups in total. The number of hydrogen-bond donors (Lipinski definition) is 0. The second kappa shape index (κ2) is 3.40. The molecule has 0 radical (unpaired) electrons. The van der Waals surface area contributed by atoms with E-state index in [0.29, 0.717) is 0 Å². The minimum atomic E-state index is -0.347. The zero-order chi connectivity index (χ0) is 10.1. The lowest BCUT2D eigenvalue weighted by Crippen LogP contribution is -2.36. The van der Waals surface area contributed by atoms with Crippen LogP contribution in [0.3, 0.4) is 0 Å². The summed E-state index contributed by atoms with van der Waals surface area (Å²) < 4.78 is 5.15. The Balaban J connectivity index is 2.29. The Morgan fingerprint density at radius 2 is 2.29 bits per heavy atom. The molecule has 2 atom stereocenters. The monoisotopic (exact) mass is 192 g/mol. The van der Waals surface area contributed by atoms with Gasteiger partial charge in [-0.1, -0.05) is 6.08 Å². The van der Waals surface area contributed by atoms with Gasteiger partial charge in [-0.25, -0.2) is 4.79 Å². The topological polar surface area (TPSA) is 43.4 Å². The smallest absolute Gasteiger partial charge is 0.331 e. The molecule has 3 heteroatoms. The lowest BCUT2D eigenvalue weighted by Gasteiger charge is -2.31. The van der Waals surface area contributed by atoms with Crippen LogP contribution in [0.1, 0.15) is 19.8 Å². The van der Waals surface area contributed by atoms with Gasteiger partial charge in [0.1, 0.15) is 11.9 Å². The van der Waals surface area contributed by atoms with Gasteiger partial charge in [0.05, 0.1) is 5.92 Å². The third-order valence-electron chi connectivity index (χ3n) is 2.73. The Labute approximate surface area is 82.4 Å². The fraction of sp³-hybridized carbons (Fsp3) is 0.455. The molecular weight excluding hydrogens is 180 g/mol. The summed E-state index contributed by atoms with van der Waals surface area (Å²) in [4.78, 5) is 22.4. The van der Waals surface area contributed by atoms with Crippen LogP contribution in [0.15, 0.2) is 23.8 Å². The third-order valence-corrected chi connectivity index (χ3v) is 2.73. The van der Waals surface area contributed by atoms with Crippen molar-refractivity contribution in [3.63, 3.8) is 0 Å². The molecule has 0 aromatic carbocycles. The molecule has 0 unspecified atom stereocenters. The van der Waals surface area contributed by atoms with Crippen LogP contribution >= 0.6 is 0 Å². The van der Waals surface area contributed by atoms with Gasteiger partial charge >= 0.3 is 5.97 Å². The molecule has 3 nitrogen and oxygen atoms in total. The van der Waals surface area contributed by atoms with Crippen LogP contribution < -0.4 is 0 Å². The minimum absolute atomic E-state index is 0.101. The molecule has 0 fully saturated rings. The molecule has 0 aromatic rings. The molecule has 0 aromatic heterocycles. The first kappa shape index (κ1) is 9.19. The summed E-state index contributed by atoms with van der Waals surface area (Å²) in [6.45, 7) is 1.56.